The van der Waals surface area contributed by atoms with Crippen LogP contribution in [-0.4, -0.2) is 41.3 Å². The van der Waals surface area contributed by atoms with E-state index in [4.69, 9.17) is 11.6 Å². The van der Waals surface area contributed by atoms with Crippen LogP contribution in [0.5, 0.6) is 0 Å². The smallest absolute Gasteiger partial charge is 0.253 e. The van der Waals surface area contributed by atoms with Crippen molar-refractivity contribution in [1.82, 2.24) is 15.2 Å². The number of carbonyl (C=O) groups is 2. The summed E-state index contributed by atoms with van der Waals surface area (Å²) in [5.74, 6) is 0.453. The maximum atomic E-state index is 12.9. The lowest BCUT2D eigenvalue weighted by molar-refractivity contribution is -0.130. The summed E-state index contributed by atoms with van der Waals surface area (Å²) < 4.78 is 0. The number of hydrogen-bond donors (Lipinski definition) is 3. The molecule has 0 aliphatic carbocycles. The van der Waals surface area contributed by atoms with Gasteiger partial charge in [0.1, 0.15) is 0 Å². The van der Waals surface area contributed by atoms with Crippen molar-refractivity contribution >= 4 is 29.1 Å². The van der Waals surface area contributed by atoms with Gasteiger partial charge in [0, 0.05) is 60.6 Å². The number of hydrogen-bond acceptors (Lipinski definition) is 4. The Bertz CT molecular complexity index is 1090. The molecule has 0 spiro atoms. The lowest BCUT2D eigenvalue weighted by Crippen LogP contribution is -2.37. The predicted octanol–water partition coefficient (Wildman–Crippen LogP) is 3.94. The number of aryl methyl sites for hydroxylation is 2. The molecule has 0 atom stereocenters. The molecule has 178 valence electrons. The maximum absolute atomic E-state index is 12.9. The number of aromatic amines is 1. The van der Waals surface area contributed by atoms with Crippen LogP contribution in [0.1, 0.15) is 58.9 Å². The molecular formula is C25H33ClN4O3. The summed E-state index contributed by atoms with van der Waals surface area (Å²) in [6.07, 6.45) is 3.02. The number of amides is 2. The third-order valence-corrected chi connectivity index (χ3v) is 6.68. The number of nitrogens with one attached hydrogen (secondary N) is 3. The predicted molar refractivity (Wildman–Crippen MR) is 132 cm³/mol. The first-order valence-corrected chi connectivity index (χ1v) is 11.8. The second kappa shape index (κ2) is 10.9. The van der Waals surface area contributed by atoms with E-state index in [2.05, 4.69) is 15.6 Å². The van der Waals surface area contributed by atoms with Crippen LogP contribution in [0.15, 0.2) is 23.0 Å². The molecule has 2 aromatic rings. The molecule has 0 saturated carbocycles. The molecule has 0 unspecified atom stereocenters. The van der Waals surface area contributed by atoms with Crippen molar-refractivity contribution in [2.45, 2.75) is 53.5 Å². The lowest BCUT2D eigenvalue weighted by atomic mass is 9.93. The van der Waals surface area contributed by atoms with E-state index in [0.717, 1.165) is 61.4 Å². The summed E-state index contributed by atoms with van der Waals surface area (Å²) in [4.78, 5) is 41.3. The van der Waals surface area contributed by atoms with Gasteiger partial charge in [0.05, 0.1) is 0 Å². The highest BCUT2D eigenvalue weighted by atomic mass is 35.5. The van der Waals surface area contributed by atoms with E-state index in [1.807, 2.05) is 37.8 Å². The number of carbonyl (C=O) groups excluding carboxylic acids is 2. The van der Waals surface area contributed by atoms with Gasteiger partial charge >= 0.3 is 0 Å². The molecule has 3 rings (SSSR count). The largest absolute Gasteiger partial charge is 0.385 e. The number of H-pyrrole nitrogens is 1. The van der Waals surface area contributed by atoms with Crippen molar-refractivity contribution in [3.63, 3.8) is 0 Å². The zero-order valence-electron chi connectivity index (χ0n) is 19.8. The van der Waals surface area contributed by atoms with E-state index in [0.29, 0.717) is 22.1 Å². The normalized spacial score (nSPS) is 14.3. The molecular weight excluding hydrogens is 440 g/mol. The highest BCUT2D eigenvalue weighted by molar-refractivity contribution is 6.31. The summed E-state index contributed by atoms with van der Waals surface area (Å²) in [5.41, 5.74) is 4.13. The SMILES string of the molecule is CC(=O)N1CCC(CCNc2cc(Cl)cc(C(=O)NCc3c(C)cc(C)[nH]c3=O)c2C)CC1. The third kappa shape index (κ3) is 6.38. The first-order chi connectivity index (χ1) is 15.7. The van der Waals surface area contributed by atoms with Gasteiger partial charge in [-0.1, -0.05) is 11.6 Å². The molecule has 0 radical (unpaired) electrons. The minimum atomic E-state index is -0.269. The molecule has 1 fully saturated rings. The summed E-state index contributed by atoms with van der Waals surface area (Å²) in [6.45, 7) is 9.77. The molecule has 1 aliphatic heterocycles. The van der Waals surface area contributed by atoms with Gasteiger partial charge in [-0.05, 0) is 75.3 Å². The quantitative estimate of drug-likeness (QED) is 0.568. The first-order valence-electron chi connectivity index (χ1n) is 11.4. The Morgan fingerprint density at radius 2 is 1.85 bits per heavy atom. The van der Waals surface area contributed by atoms with Gasteiger partial charge in [0.15, 0.2) is 0 Å². The fourth-order valence-electron chi connectivity index (χ4n) is 4.41. The third-order valence-electron chi connectivity index (χ3n) is 6.46. The Morgan fingerprint density at radius 3 is 2.48 bits per heavy atom. The number of likely N-dealkylation sites (tertiary alicyclic amines) is 1. The molecule has 1 saturated heterocycles. The molecule has 1 aliphatic rings. The van der Waals surface area contributed by atoms with Gasteiger partial charge in [-0.15, -0.1) is 0 Å². The zero-order valence-corrected chi connectivity index (χ0v) is 20.6. The molecule has 1 aromatic carbocycles. The van der Waals surface area contributed by atoms with Crippen molar-refractivity contribution in [3.8, 4) is 0 Å². The molecule has 2 amide bonds. The Labute approximate surface area is 199 Å². The Balaban J connectivity index is 1.60. The Kier molecular flexibility index (Phi) is 8.19. The number of rotatable bonds is 7. The summed E-state index contributed by atoms with van der Waals surface area (Å²) in [6, 6.07) is 5.38. The topological polar surface area (TPSA) is 94.3 Å². The number of benzene rings is 1. The van der Waals surface area contributed by atoms with Crippen LogP contribution in [0.2, 0.25) is 5.02 Å². The second-order valence-corrected chi connectivity index (χ2v) is 9.35. The van der Waals surface area contributed by atoms with Crippen molar-refractivity contribution < 1.29 is 9.59 Å². The number of nitrogens with zero attached hydrogens (tertiary/aromatic N) is 1. The van der Waals surface area contributed by atoms with E-state index in [9.17, 15) is 14.4 Å². The van der Waals surface area contributed by atoms with Crippen LogP contribution in [-0.2, 0) is 11.3 Å². The summed E-state index contributed by atoms with van der Waals surface area (Å²) in [5, 5.41) is 6.76. The van der Waals surface area contributed by atoms with Crippen molar-refractivity contribution in [3.05, 3.63) is 61.5 Å². The van der Waals surface area contributed by atoms with Gasteiger partial charge in [0.25, 0.3) is 11.5 Å². The summed E-state index contributed by atoms with van der Waals surface area (Å²) in [7, 11) is 0. The molecule has 1 aromatic heterocycles. The van der Waals surface area contributed by atoms with E-state index in [-0.39, 0.29) is 23.9 Å². The van der Waals surface area contributed by atoms with Gasteiger partial charge in [0.2, 0.25) is 5.91 Å². The number of pyridine rings is 1. The highest BCUT2D eigenvalue weighted by Crippen LogP contribution is 2.26. The minimum Gasteiger partial charge on any atom is -0.385 e. The van der Waals surface area contributed by atoms with Crippen LogP contribution in [0.25, 0.3) is 0 Å². The Hall–Kier alpha value is -2.80. The van der Waals surface area contributed by atoms with Gasteiger partial charge < -0.3 is 20.5 Å². The van der Waals surface area contributed by atoms with Gasteiger partial charge in [-0.3, -0.25) is 14.4 Å². The van der Waals surface area contributed by atoms with Crippen molar-refractivity contribution in [2.24, 2.45) is 5.92 Å². The van der Waals surface area contributed by atoms with Crippen LogP contribution < -0.4 is 16.2 Å². The minimum absolute atomic E-state index is 0.147. The standard InChI is InChI=1S/C25H33ClN4O3/c1-15-11-16(2)29-25(33)22(15)14-28-24(32)21-12-20(26)13-23(17(21)3)27-8-5-19-6-9-30(10-7-19)18(4)31/h11-13,19,27H,5-10,14H2,1-4H3,(H,28,32)(H,29,33). The van der Waals surface area contributed by atoms with Gasteiger partial charge in [-0.25, -0.2) is 0 Å². The molecule has 0 bridgehead atoms. The van der Waals surface area contributed by atoms with Crippen LogP contribution >= 0.6 is 11.6 Å². The van der Waals surface area contributed by atoms with E-state index < -0.39 is 0 Å². The number of aromatic nitrogens is 1. The maximum Gasteiger partial charge on any atom is 0.253 e. The van der Waals surface area contributed by atoms with Crippen molar-refractivity contribution in [2.75, 3.05) is 25.0 Å². The lowest BCUT2D eigenvalue weighted by Gasteiger charge is -2.31. The van der Waals surface area contributed by atoms with Crippen LogP contribution in [0.3, 0.4) is 0 Å². The highest BCUT2D eigenvalue weighted by Gasteiger charge is 2.20. The summed E-state index contributed by atoms with van der Waals surface area (Å²) >= 11 is 6.31. The molecule has 8 heteroatoms. The zero-order chi connectivity index (χ0) is 24.1. The molecule has 3 N–H and O–H groups in total. The number of halogens is 1. The molecule has 2 heterocycles. The van der Waals surface area contributed by atoms with E-state index >= 15 is 0 Å². The number of piperidine rings is 1. The van der Waals surface area contributed by atoms with Gasteiger partial charge in [-0.2, -0.15) is 0 Å². The average molecular weight is 473 g/mol. The van der Waals surface area contributed by atoms with Crippen LogP contribution in [0.4, 0.5) is 5.69 Å². The monoisotopic (exact) mass is 472 g/mol. The van der Waals surface area contributed by atoms with Crippen LogP contribution in [0, 0.1) is 26.7 Å². The fourth-order valence-corrected chi connectivity index (χ4v) is 4.63. The second-order valence-electron chi connectivity index (χ2n) is 8.92. The van der Waals surface area contributed by atoms with Crippen molar-refractivity contribution in [1.29, 1.82) is 0 Å². The molecule has 33 heavy (non-hydrogen) atoms. The van der Waals surface area contributed by atoms with E-state index in [1.165, 1.54) is 0 Å². The fraction of sp³-hybridized carbons (Fsp3) is 0.480. The first kappa shape index (κ1) is 24.8. The number of anilines is 1. The van der Waals surface area contributed by atoms with E-state index in [1.54, 1.807) is 13.0 Å². The Morgan fingerprint density at radius 1 is 1.15 bits per heavy atom. The average Bonchev–Trinajstić information content (AvgIpc) is 2.75. The molecule has 7 nitrogen and oxygen atoms in total.